The lowest BCUT2D eigenvalue weighted by Crippen LogP contribution is -2.32. The lowest BCUT2D eigenvalue weighted by atomic mass is 10.3. The average Bonchev–Trinajstić information content (AvgIpc) is 2.83. The molecule has 0 aromatic carbocycles. The molecule has 6 nitrogen and oxygen atoms in total. The molecule has 7 heteroatoms. The molecule has 0 unspecified atom stereocenters. The summed E-state index contributed by atoms with van der Waals surface area (Å²) in [5.74, 6) is -0.0670. The maximum atomic E-state index is 12.0. The lowest BCUT2D eigenvalue weighted by molar-refractivity contribution is -0.118. The van der Waals surface area contributed by atoms with Crippen molar-refractivity contribution in [2.24, 2.45) is 5.73 Å². The van der Waals surface area contributed by atoms with Crippen LogP contribution in [0.15, 0.2) is 30.7 Å². The monoisotopic (exact) mass is 293 g/mol. The molecular weight excluding hydrogens is 278 g/mol. The van der Waals surface area contributed by atoms with Gasteiger partial charge in [0, 0.05) is 25.7 Å². The summed E-state index contributed by atoms with van der Waals surface area (Å²) in [6.07, 6.45) is 5.35. The van der Waals surface area contributed by atoms with Gasteiger partial charge in [0.1, 0.15) is 5.69 Å². The Balaban J connectivity index is 2.33. The maximum Gasteiger partial charge on any atom is 0.228 e. The Kier molecular flexibility index (Phi) is 4.70. The molecular formula is C13H16ClN5O. The van der Waals surface area contributed by atoms with Crippen LogP contribution in [-0.4, -0.2) is 33.8 Å². The third kappa shape index (κ3) is 2.97. The van der Waals surface area contributed by atoms with Crippen LogP contribution in [0.1, 0.15) is 13.3 Å². The zero-order valence-electron chi connectivity index (χ0n) is 11.2. The molecule has 2 aromatic rings. The number of hydrogen-bond acceptors (Lipinski definition) is 4. The van der Waals surface area contributed by atoms with Gasteiger partial charge in [-0.25, -0.2) is 4.68 Å². The highest BCUT2D eigenvalue weighted by atomic mass is 35.5. The first-order valence-corrected chi connectivity index (χ1v) is 6.71. The molecule has 0 aliphatic rings. The molecule has 2 rings (SSSR count). The Morgan fingerprint density at radius 2 is 2.35 bits per heavy atom. The van der Waals surface area contributed by atoms with Crippen molar-refractivity contribution in [3.8, 4) is 5.69 Å². The Morgan fingerprint density at radius 3 is 2.95 bits per heavy atom. The number of aromatic nitrogens is 3. The summed E-state index contributed by atoms with van der Waals surface area (Å²) in [6.45, 7) is 2.70. The fraction of sp³-hybridized carbons (Fsp3) is 0.308. The number of amides is 1. The zero-order valence-corrected chi connectivity index (χ0v) is 11.9. The second kappa shape index (κ2) is 6.49. The van der Waals surface area contributed by atoms with Gasteiger partial charge in [-0.05, 0) is 19.1 Å². The minimum Gasteiger partial charge on any atom is -0.330 e. The van der Waals surface area contributed by atoms with Crippen LogP contribution in [0.2, 0.25) is 5.15 Å². The highest BCUT2D eigenvalue weighted by Gasteiger charge is 2.19. The highest BCUT2D eigenvalue weighted by Crippen LogP contribution is 2.26. The van der Waals surface area contributed by atoms with E-state index in [1.165, 1.54) is 0 Å². The highest BCUT2D eigenvalue weighted by molar-refractivity contribution is 6.32. The number of anilines is 1. The topological polar surface area (TPSA) is 77.0 Å². The molecule has 0 aliphatic heterocycles. The number of hydrogen-bond donors (Lipinski definition) is 1. The fourth-order valence-corrected chi connectivity index (χ4v) is 2.12. The van der Waals surface area contributed by atoms with Crippen LogP contribution in [0.3, 0.4) is 0 Å². The standard InChI is InChI=1S/C13H16ClN5O/c1-2-18(12(20)5-6-15)11-9-19(17-13(11)14)10-4-3-7-16-8-10/h3-4,7-9H,2,5-6,15H2,1H3. The first kappa shape index (κ1) is 14.5. The number of pyridine rings is 1. The van der Waals surface area contributed by atoms with Crippen LogP contribution in [0.4, 0.5) is 5.69 Å². The molecule has 0 saturated carbocycles. The normalized spacial score (nSPS) is 10.6. The molecule has 2 heterocycles. The van der Waals surface area contributed by atoms with Gasteiger partial charge in [-0.3, -0.25) is 9.78 Å². The molecule has 0 bridgehead atoms. The van der Waals surface area contributed by atoms with Crippen molar-refractivity contribution in [1.29, 1.82) is 0 Å². The van der Waals surface area contributed by atoms with Crippen LogP contribution in [0, 0.1) is 0 Å². The van der Waals surface area contributed by atoms with Crippen molar-refractivity contribution >= 4 is 23.2 Å². The van der Waals surface area contributed by atoms with E-state index in [4.69, 9.17) is 17.3 Å². The molecule has 1 amide bonds. The van der Waals surface area contributed by atoms with E-state index in [0.717, 1.165) is 5.69 Å². The summed E-state index contributed by atoms with van der Waals surface area (Å²) in [5.41, 5.74) is 6.79. The van der Waals surface area contributed by atoms with Gasteiger partial charge in [0.05, 0.1) is 18.1 Å². The summed E-state index contributed by atoms with van der Waals surface area (Å²) in [5, 5.41) is 4.49. The molecule has 106 valence electrons. The van der Waals surface area contributed by atoms with Crippen molar-refractivity contribution in [2.75, 3.05) is 18.0 Å². The number of nitrogens with zero attached hydrogens (tertiary/aromatic N) is 4. The van der Waals surface area contributed by atoms with Gasteiger partial charge < -0.3 is 10.6 Å². The van der Waals surface area contributed by atoms with E-state index < -0.39 is 0 Å². The molecule has 2 aromatic heterocycles. The molecule has 20 heavy (non-hydrogen) atoms. The maximum absolute atomic E-state index is 12.0. The largest absolute Gasteiger partial charge is 0.330 e. The number of carbonyl (C=O) groups excluding carboxylic acids is 1. The lowest BCUT2D eigenvalue weighted by Gasteiger charge is -2.18. The number of carbonyl (C=O) groups is 1. The van der Waals surface area contributed by atoms with E-state index in [0.29, 0.717) is 18.8 Å². The van der Waals surface area contributed by atoms with Crippen LogP contribution in [-0.2, 0) is 4.79 Å². The van der Waals surface area contributed by atoms with E-state index in [9.17, 15) is 4.79 Å². The third-order valence-corrected chi connectivity index (χ3v) is 3.10. The summed E-state index contributed by atoms with van der Waals surface area (Å²) in [7, 11) is 0. The van der Waals surface area contributed by atoms with Crippen LogP contribution >= 0.6 is 11.6 Å². The van der Waals surface area contributed by atoms with Crippen molar-refractivity contribution in [1.82, 2.24) is 14.8 Å². The average molecular weight is 294 g/mol. The SMILES string of the molecule is CCN(C(=O)CCN)c1cn(-c2cccnc2)nc1Cl. The quantitative estimate of drug-likeness (QED) is 0.909. The Hall–Kier alpha value is -1.92. The smallest absolute Gasteiger partial charge is 0.228 e. The second-order valence-corrected chi connectivity index (χ2v) is 4.50. The van der Waals surface area contributed by atoms with Crippen LogP contribution < -0.4 is 10.6 Å². The predicted molar refractivity (Wildman–Crippen MR) is 78.1 cm³/mol. The molecule has 0 aliphatic carbocycles. The van der Waals surface area contributed by atoms with E-state index in [1.807, 2.05) is 19.1 Å². The molecule has 0 saturated heterocycles. The van der Waals surface area contributed by atoms with Gasteiger partial charge in [0.2, 0.25) is 5.91 Å². The Bertz CT molecular complexity index is 584. The summed E-state index contributed by atoms with van der Waals surface area (Å²) < 4.78 is 1.60. The summed E-state index contributed by atoms with van der Waals surface area (Å²) >= 11 is 6.14. The van der Waals surface area contributed by atoms with Gasteiger partial charge in [-0.15, -0.1) is 0 Å². The van der Waals surface area contributed by atoms with Gasteiger partial charge >= 0.3 is 0 Å². The minimum atomic E-state index is -0.0670. The number of nitrogens with two attached hydrogens (primary N) is 1. The van der Waals surface area contributed by atoms with Gasteiger partial charge in [0.15, 0.2) is 5.15 Å². The summed E-state index contributed by atoms with van der Waals surface area (Å²) in [4.78, 5) is 17.6. The Labute approximate surface area is 122 Å². The first-order chi connectivity index (χ1) is 9.67. The Morgan fingerprint density at radius 1 is 1.55 bits per heavy atom. The van der Waals surface area contributed by atoms with E-state index in [2.05, 4.69) is 10.1 Å². The van der Waals surface area contributed by atoms with Crippen LogP contribution in [0.25, 0.3) is 5.69 Å². The van der Waals surface area contributed by atoms with Gasteiger partial charge in [-0.1, -0.05) is 11.6 Å². The summed E-state index contributed by atoms with van der Waals surface area (Å²) in [6, 6.07) is 3.67. The van der Waals surface area contributed by atoms with Crippen molar-refractivity contribution < 1.29 is 4.79 Å². The van der Waals surface area contributed by atoms with E-state index in [1.54, 1.807) is 28.2 Å². The minimum absolute atomic E-state index is 0.0670. The number of halogens is 1. The van der Waals surface area contributed by atoms with Gasteiger partial charge in [-0.2, -0.15) is 5.10 Å². The fourth-order valence-electron chi connectivity index (χ4n) is 1.89. The molecule has 0 fully saturated rings. The predicted octanol–water partition coefficient (Wildman–Crippen LogP) is 1.62. The van der Waals surface area contributed by atoms with E-state index >= 15 is 0 Å². The van der Waals surface area contributed by atoms with Crippen LogP contribution in [0.5, 0.6) is 0 Å². The van der Waals surface area contributed by atoms with Crippen molar-refractivity contribution in [3.05, 3.63) is 35.9 Å². The van der Waals surface area contributed by atoms with Crippen molar-refractivity contribution in [2.45, 2.75) is 13.3 Å². The van der Waals surface area contributed by atoms with Crippen molar-refractivity contribution in [3.63, 3.8) is 0 Å². The molecule has 0 radical (unpaired) electrons. The van der Waals surface area contributed by atoms with E-state index in [-0.39, 0.29) is 17.5 Å². The molecule has 0 spiro atoms. The molecule has 2 N–H and O–H groups in total. The first-order valence-electron chi connectivity index (χ1n) is 6.33. The number of rotatable bonds is 5. The molecule has 0 atom stereocenters. The van der Waals surface area contributed by atoms with Gasteiger partial charge in [0.25, 0.3) is 0 Å². The third-order valence-electron chi connectivity index (χ3n) is 2.83. The zero-order chi connectivity index (χ0) is 14.5. The second-order valence-electron chi connectivity index (χ2n) is 4.14.